The van der Waals surface area contributed by atoms with Crippen LogP contribution in [-0.2, 0) is 0 Å². The molecule has 0 saturated heterocycles. The highest BCUT2D eigenvalue weighted by atomic mass is 32.1. The zero-order valence-corrected chi connectivity index (χ0v) is 9.32. The Kier molecular flexibility index (Phi) is 5.42. The van der Waals surface area contributed by atoms with Gasteiger partial charge in [-0.25, -0.2) is 0 Å². The van der Waals surface area contributed by atoms with Crippen LogP contribution in [0, 0.1) is 0 Å². The molecule has 0 amide bonds. The zero-order valence-electron chi connectivity index (χ0n) is 8.50. The fourth-order valence-electron chi connectivity index (χ4n) is 1.16. The molecule has 0 aromatic carbocycles. The topological polar surface area (TPSA) is 29.3 Å². The van der Waals surface area contributed by atoms with Crippen LogP contribution in [0.3, 0.4) is 0 Å². The van der Waals surface area contributed by atoms with Crippen molar-refractivity contribution in [3.8, 4) is 0 Å². The van der Waals surface area contributed by atoms with Gasteiger partial charge in [-0.05, 0) is 27.3 Å². The second-order valence-corrected chi connectivity index (χ2v) is 3.97. The third kappa shape index (κ3) is 4.02. The number of hydrogen-bond donors (Lipinski definition) is 1. The fraction of sp³-hybridized carbons (Fsp3) is 0.889. The Balaban J connectivity index is 3.91. The molecular weight excluding hydrogens is 168 g/mol. The fourth-order valence-corrected chi connectivity index (χ4v) is 1.40. The summed E-state index contributed by atoms with van der Waals surface area (Å²) in [4.78, 5) is 2.93. The molecule has 0 aliphatic rings. The minimum absolute atomic E-state index is 0.456. The molecule has 3 heteroatoms. The Morgan fingerprint density at radius 1 is 1.42 bits per heavy atom. The normalized spacial score (nSPS) is 16.1. The van der Waals surface area contributed by atoms with Gasteiger partial charge in [-0.15, -0.1) is 0 Å². The second-order valence-electron chi connectivity index (χ2n) is 3.44. The predicted molar refractivity (Wildman–Crippen MR) is 58.4 cm³/mol. The highest BCUT2D eigenvalue weighted by Crippen LogP contribution is 2.08. The number of thiocarbonyl (C=S) groups is 1. The Morgan fingerprint density at radius 3 is 2.25 bits per heavy atom. The molecule has 0 aliphatic heterocycles. The summed E-state index contributed by atoms with van der Waals surface area (Å²) < 4.78 is 0. The SMILES string of the molecule is CCC(C)N(C)C(C)CC(N)=S. The van der Waals surface area contributed by atoms with Crippen LogP contribution in [0.25, 0.3) is 0 Å². The van der Waals surface area contributed by atoms with Gasteiger partial charge >= 0.3 is 0 Å². The quantitative estimate of drug-likeness (QED) is 0.667. The van der Waals surface area contributed by atoms with Crippen LogP contribution >= 0.6 is 12.2 Å². The van der Waals surface area contributed by atoms with Crippen LogP contribution in [0.15, 0.2) is 0 Å². The minimum atomic E-state index is 0.456. The molecule has 0 aromatic rings. The molecule has 72 valence electrons. The van der Waals surface area contributed by atoms with E-state index in [0.29, 0.717) is 17.1 Å². The summed E-state index contributed by atoms with van der Waals surface area (Å²) in [6.45, 7) is 6.57. The molecule has 2 unspecified atom stereocenters. The van der Waals surface area contributed by atoms with Gasteiger partial charge in [0.1, 0.15) is 0 Å². The summed E-state index contributed by atoms with van der Waals surface area (Å²) in [7, 11) is 2.12. The van der Waals surface area contributed by atoms with Crippen molar-refractivity contribution in [2.45, 2.75) is 45.7 Å². The van der Waals surface area contributed by atoms with Crippen molar-refractivity contribution < 1.29 is 0 Å². The van der Waals surface area contributed by atoms with Gasteiger partial charge < -0.3 is 10.6 Å². The van der Waals surface area contributed by atoms with E-state index in [2.05, 4.69) is 32.7 Å². The third-order valence-electron chi connectivity index (χ3n) is 2.48. The van der Waals surface area contributed by atoms with Crippen molar-refractivity contribution in [3.63, 3.8) is 0 Å². The largest absolute Gasteiger partial charge is 0.393 e. The van der Waals surface area contributed by atoms with Crippen molar-refractivity contribution in [2.75, 3.05) is 7.05 Å². The van der Waals surface area contributed by atoms with Gasteiger partial charge in [0.25, 0.3) is 0 Å². The van der Waals surface area contributed by atoms with Crippen LogP contribution in [0.1, 0.15) is 33.6 Å². The number of nitrogens with two attached hydrogens (primary N) is 1. The molecule has 12 heavy (non-hydrogen) atoms. The summed E-state index contributed by atoms with van der Waals surface area (Å²) >= 11 is 4.86. The number of rotatable bonds is 5. The third-order valence-corrected chi connectivity index (χ3v) is 2.64. The number of hydrogen-bond acceptors (Lipinski definition) is 2. The Labute approximate surface area is 81.1 Å². The van der Waals surface area contributed by atoms with E-state index < -0.39 is 0 Å². The second kappa shape index (κ2) is 5.49. The van der Waals surface area contributed by atoms with E-state index in [-0.39, 0.29) is 0 Å². The molecule has 0 fully saturated rings. The zero-order chi connectivity index (χ0) is 9.72. The lowest BCUT2D eigenvalue weighted by Gasteiger charge is -2.29. The van der Waals surface area contributed by atoms with E-state index in [1.54, 1.807) is 0 Å². The highest BCUT2D eigenvalue weighted by Gasteiger charge is 2.14. The van der Waals surface area contributed by atoms with E-state index in [1.807, 2.05) is 0 Å². The lowest BCUT2D eigenvalue weighted by molar-refractivity contribution is 0.196. The molecule has 0 bridgehead atoms. The van der Waals surface area contributed by atoms with Gasteiger partial charge in [0.05, 0.1) is 4.99 Å². The van der Waals surface area contributed by atoms with Crippen molar-refractivity contribution in [2.24, 2.45) is 5.73 Å². The van der Waals surface area contributed by atoms with Crippen LogP contribution in [0.2, 0.25) is 0 Å². The van der Waals surface area contributed by atoms with Crippen LogP contribution in [-0.4, -0.2) is 29.0 Å². The van der Waals surface area contributed by atoms with Crippen LogP contribution < -0.4 is 5.73 Å². The summed E-state index contributed by atoms with van der Waals surface area (Å²) in [6, 6.07) is 1.06. The first kappa shape index (κ1) is 11.8. The van der Waals surface area contributed by atoms with Gasteiger partial charge in [-0.2, -0.15) is 0 Å². The average molecular weight is 188 g/mol. The molecule has 0 rings (SSSR count). The van der Waals surface area contributed by atoms with Gasteiger partial charge in [-0.1, -0.05) is 19.1 Å². The molecule has 2 nitrogen and oxygen atoms in total. The summed E-state index contributed by atoms with van der Waals surface area (Å²) in [5, 5.41) is 0. The Hall–Kier alpha value is -0.150. The van der Waals surface area contributed by atoms with Crippen LogP contribution in [0.5, 0.6) is 0 Å². The highest BCUT2D eigenvalue weighted by molar-refractivity contribution is 7.80. The smallest absolute Gasteiger partial charge is 0.0742 e. The van der Waals surface area contributed by atoms with E-state index in [1.165, 1.54) is 0 Å². The van der Waals surface area contributed by atoms with Gasteiger partial charge in [0.15, 0.2) is 0 Å². The molecule has 0 aliphatic carbocycles. The summed E-state index contributed by atoms with van der Waals surface area (Å²) in [6.07, 6.45) is 1.98. The maximum Gasteiger partial charge on any atom is 0.0742 e. The van der Waals surface area contributed by atoms with Crippen molar-refractivity contribution in [3.05, 3.63) is 0 Å². The predicted octanol–water partition coefficient (Wildman–Crippen LogP) is 1.78. The van der Waals surface area contributed by atoms with E-state index in [9.17, 15) is 0 Å². The minimum Gasteiger partial charge on any atom is -0.393 e. The summed E-state index contributed by atoms with van der Waals surface area (Å²) in [5.41, 5.74) is 5.48. The van der Waals surface area contributed by atoms with Crippen molar-refractivity contribution in [1.82, 2.24) is 4.90 Å². The van der Waals surface area contributed by atoms with Crippen molar-refractivity contribution in [1.29, 1.82) is 0 Å². The Morgan fingerprint density at radius 2 is 1.92 bits per heavy atom. The van der Waals surface area contributed by atoms with Gasteiger partial charge in [0, 0.05) is 18.5 Å². The maximum absolute atomic E-state index is 5.48. The molecule has 0 radical (unpaired) electrons. The molecule has 2 atom stereocenters. The first-order valence-electron chi connectivity index (χ1n) is 4.49. The standard InChI is InChI=1S/C9H20N2S/c1-5-7(2)11(4)8(3)6-9(10)12/h7-8H,5-6H2,1-4H3,(H2,10,12). The molecule has 0 aromatic heterocycles. The molecule has 2 N–H and O–H groups in total. The summed E-state index contributed by atoms with van der Waals surface area (Å²) in [5.74, 6) is 0. The van der Waals surface area contributed by atoms with Gasteiger partial charge in [0.2, 0.25) is 0 Å². The molecule has 0 heterocycles. The van der Waals surface area contributed by atoms with E-state index in [0.717, 1.165) is 12.8 Å². The first-order chi connectivity index (χ1) is 5.49. The Bertz CT molecular complexity index is 147. The van der Waals surface area contributed by atoms with Crippen molar-refractivity contribution >= 4 is 17.2 Å². The first-order valence-corrected chi connectivity index (χ1v) is 4.90. The van der Waals surface area contributed by atoms with E-state index in [4.69, 9.17) is 18.0 Å². The lowest BCUT2D eigenvalue weighted by atomic mass is 10.1. The molecular formula is C9H20N2S. The van der Waals surface area contributed by atoms with E-state index >= 15 is 0 Å². The lowest BCUT2D eigenvalue weighted by Crippen LogP contribution is -2.38. The number of nitrogens with zero attached hydrogens (tertiary/aromatic N) is 1. The average Bonchev–Trinajstić information content (AvgIpc) is 2.00. The van der Waals surface area contributed by atoms with Crippen LogP contribution in [0.4, 0.5) is 0 Å². The molecule has 0 saturated carbocycles. The monoisotopic (exact) mass is 188 g/mol. The molecule has 0 spiro atoms. The van der Waals surface area contributed by atoms with Gasteiger partial charge in [-0.3, -0.25) is 0 Å². The maximum atomic E-state index is 5.48.